The van der Waals surface area contributed by atoms with Crippen molar-refractivity contribution in [1.29, 1.82) is 0 Å². The lowest BCUT2D eigenvalue weighted by molar-refractivity contribution is 0.0872. The van der Waals surface area contributed by atoms with Crippen molar-refractivity contribution in [3.05, 3.63) is 24.2 Å². The Morgan fingerprint density at radius 1 is 1.53 bits per heavy atom. The number of Topliss-reactive ketones (excluding diaryl/α,β-unsaturated/α-hetero) is 1. The zero-order valence-corrected chi connectivity index (χ0v) is 9.11. The molecule has 1 aliphatic rings. The number of piperidine rings is 1. The largest absolute Gasteiger partial charge is 0.461 e. The molecule has 0 N–H and O–H groups in total. The highest BCUT2D eigenvalue weighted by Crippen LogP contribution is 2.16. The van der Waals surface area contributed by atoms with Crippen LogP contribution in [0, 0.1) is 5.92 Å². The molecule has 1 aromatic rings. The molecule has 0 bridgehead atoms. The van der Waals surface area contributed by atoms with Gasteiger partial charge in [-0.15, -0.1) is 0 Å². The second kappa shape index (κ2) is 4.62. The molecule has 1 aliphatic heterocycles. The molecule has 0 aliphatic carbocycles. The van der Waals surface area contributed by atoms with E-state index >= 15 is 0 Å². The number of hydrogen-bond acceptors (Lipinski definition) is 3. The van der Waals surface area contributed by atoms with E-state index in [0.29, 0.717) is 12.3 Å². The summed E-state index contributed by atoms with van der Waals surface area (Å²) in [6.45, 7) is 4.84. The monoisotopic (exact) mass is 207 g/mol. The number of hydrogen-bond donors (Lipinski definition) is 0. The SMILES string of the molecule is CC1CCN(CC(=O)c2ccco2)CC1. The smallest absolute Gasteiger partial charge is 0.211 e. The Kier molecular flexibility index (Phi) is 3.21. The van der Waals surface area contributed by atoms with Gasteiger partial charge in [-0.3, -0.25) is 9.69 Å². The molecule has 0 spiro atoms. The first-order valence-electron chi connectivity index (χ1n) is 5.55. The summed E-state index contributed by atoms with van der Waals surface area (Å²) in [5.41, 5.74) is 0. The maximum Gasteiger partial charge on any atom is 0.211 e. The Hall–Kier alpha value is -1.09. The fourth-order valence-electron chi connectivity index (χ4n) is 1.94. The Balaban J connectivity index is 1.85. The fourth-order valence-corrected chi connectivity index (χ4v) is 1.94. The van der Waals surface area contributed by atoms with Crippen LogP contribution in [0.3, 0.4) is 0 Å². The minimum Gasteiger partial charge on any atom is -0.461 e. The first-order valence-corrected chi connectivity index (χ1v) is 5.55. The van der Waals surface area contributed by atoms with Gasteiger partial charge in [-0.05, 0) is 44.0 Å². The van der Waals surface area contributed by atoms with E-state index in [2.05, 4.69) is 11.8 Å². The van der Waals surface area contributed by atoms with Crippen molar-refractivity contribution in [2.45, 2.75) is 19.8 Å². The third kappa shape index (κ3) is 2.69. The Morgan fingerprint density at radius 3 is 2.87 bits per heavy atom. The molecule has 0 aromatic carbocycles. The number of carbonyl (C=O) groups excluding carboxylic acids is 1. The topological polar surface area (TPSA) is 33.5 Å². The van der Waals surface area contributed by atoms with Gasteiger partial charge < -0.3 is 4.42 Å². The Morgan fingerprint density at radius 2 is 2.27 bits per heavy atom. The number of nitrogens with zero attached hydrogens (tertiary/aromatic N) is 1. The molecule has 1 aromatic heterocycles. The summed E-state index contributed by atoms with van der Waals surface area (Å²) in [6, 6.07) is 3.49. The van der Waals surface area contributed by atoms with E-state index in [4.69, 9.17) is 4.42 Å². The first kappa shape index (κ1) is 10.4. The molecule has 2 heterocycles. The standard InChI is InChI=1S/C12H17NO2/c1-10-4-6-13(7-5-10)9-11(14)12-3-2-8-15-12/h2-3,8,10H,4-7,9H2,1H3. The van der Waals surface area contributed by atoms with Gasteiger partial charge in [-0.25, -0.2) is 0 Å². The maximum absolute atomic E-state index is 11.7. The van der Waals surface area contributed by atoms with Crippen LogP contribution in [-0.4, -0.2) is 30.3 Å². The van der Waals surface area contributed by atoms with E-state index in [1.54, 1.807) is 18.4 Å². The normalized spacial score (nSPS) is 19.3. The van der Waals surface area contributed by atoms with Crippen molar-refractivity contribution in [3.63, 3.8) is 0 Å². The minimum absolute atomic E-state index is 0.0922. The molecule has 1 saturated heterocycles. The summed E-state index contributed by atoms with van der Waals surface area (Å²) < 4.78 is 5.08. The zero-order chi connectivity index (χ0) is 10.7. The van der Waals surface area contributed by atoms with Gasteiger partial charge in [0.1, 0.15) is 0 Å². The lowest BCUT2D eigenvalue weighted by Gasteiger charge is -2.29. The molecule has 0 atom stereocenters. The highest BCUT2D eigenvalue weighted by Gasteiger charge is 2.19. The van der Waals surface area contributed by atoms with Gasteiger partial charge in [-0.1, -0.05) is 6.92 Å². The van der Waals surface area contributed by atoms with Gasteiger partial charge in [0.25, 0.3) is 0 Å². The molecule has 0 radical (unpaired) electrons. The average Bonchev–Trinajstić information content (AvgIpc) is 2.74. The third-order valence-corrected chi connectivity index (χ3v) is 3.04. The summed E-state index contributed by atoms with van der Waals surface area (Å²) >= 11 is 0. The molecule has 0 saturated carbocycles. The third-order valence-electron chi connectivity index (χ3n) is 3.04. The van der Waals surface area contributed by atoms with Crippen LogP contribution in [0.5, 0.6) is 0 Å². The van der Waals surface area contributed by atoms with Gasteiger partial charge in [0.15, 0.2) is 5.76 Å². The van der Waals surface area contributed by atoms with Gasteiger partial charge in [0, 0.05) is 0 Å². The van der Waals surface area contributed by atoms with Crippen LogP contribution >= 0.6 is 0 Å². The van der Waals surface area contributed by atoms with Crippen molar-refractivity contribution in [2.24, 2.45) is 5.92 Å². The van der Waals surface area contributed by atoms with Crippen molar-refractivity contribution < 1.29 is 9.21 Å². The second-order valence-corrected chi connectivity index (χ2v) is 4.36. The highest BCUT2D eigenvalue weighted by molar-refractivity contribution is 5.94. The molecule has 82 valence electrons. The molecule has 3 nitrogen and oxygen atoms in total. The predicted octanol–water partition coefficient (Wildman–Crippen LogP) is 2.19. The number of rotatable bonds is 3. The van der Waals surface area contributed by atoms with Crippen LogP contribution in [0.2, 0.25) is 0 Å². The van der Waals surface area contributed by atoms with E-state index in [9.17, 15) is 4.79 Å². The van der Waals surface area contributed by atoms with E-state index in [1.807, 2.05) is 0 Å². The van der Waals surface area contributed by atoms with E-state index in [0.717, 1.165) is 19.0 Å². The number of carbonyl (C=O) groups is 1. The molecule has 1 fully saturated rings. The average molecular weight is 207 g/mol. The minimum atomic E-state index is 0.0922. The second-order valence-electron chi connectivity index (χ2n) is 4.36. The van der Waals surface area contributed by atoms with E-state index in [1.165, 1.54) is 12.8 Å². The van der Waals surface area contributed by atoms with Gasteiger partial charge in [-0.2, -0.15) is 0 Å². The summed E-state index contributed by atoms with van der Waals surface area (Å²) in [5.74, 6) is 1.38. The Labute approximate surface area is 90.1 Å². The van der Waals surface area contributed by atoms with Crippen molar-refractivity contribution in [2.75, 3.05) is 19.6 Å². The molecular weight excluding hydrogens is 190 g/mol. The summed E-state index contributed by atoms with van der Waals surface area (Å²) in [5, 5.41) is 0. The van der Waals surface area contributed by atoms with Crippen LogP contribution < -0.4 is 0 Å². The van der Waals surface area contributed by atoms with Crippen LogP contribution in [0.25, 0.3) is 0 Å². The molecule has 0 unspecified atom stereocenters. The lowest BCUT2D eigenvalue weighted by Crippen LogP contribution is -2.36. The molecule has 2 rings (SSSR count). The lowest BCUT2D eigenvalue weighted by atomic mass is 9.99. The van der Waals surface area contributed by atoms with Crippen molar-refractivity contribution in [3.8, 4) is 0 Å². The summed E-state index contributed by atoms with van der Waals surface area (Å²) in [7, 11) is 0. The predicted molar refractivity (Wildman–Crippen MR) is 57.9 cm³/mol. The van der Waals surface area contributed by atoms with Crippen LogP contribution in [0.1, 0.15) is 30.3 Å². The molecule has 15 heavy (non-hydrogen) atoms. The van der Waals surface area contributed by atoms with Gasteiger partial charge in [0.2, 0.25) is 5.78 Å². The Bertz CT molecular complexity index is 310. The van der Waals surface area contributed by atoms with Gasteiger partial charge in [0.05, 0.1) is 12.8 Å². The zero-order valence-electron chi connectivity index (χ0n) is 9.11. The summed E-state index contributed by atoms with van der Waals surface area (Å²) in [4.78, 5) is 13.9. The van der Waals surface area contributed by atoms with Gasteiger partial charge >= 0.3 is 0 Å². The van der Waals surface area contributed by atoms with Crippen molar-refractivity contribution >= 4 is 5.78 Å². The summed E-state index contributed by atoms with van der Waals surface area (Å²) in [6.07, 6.45) is 3.95. The fraction of sp³-hybridized carbons (Fsp3) is 0.583. The number of likely N-dealkylation sites (tertiary alicyclic amines) is 1. The van der Waals surface area contributed by atoms with Crippen LogP contribution in [0.4, 0.5) is 0 Å². The molecule has 0 amide bonds. The maximum atomic E-state index is 11.7. The number of furan rings is 1. The number of ketones is 1. The quantitative estimate of drug-likeness (QED) is 0.712. The van der Waals surface area contributed by atoms with Crippen LogP contribution in [0.15, 0.2) is 22.8 Å². The highest BCUT2D eigenvalue weighted by atomic mass is 16.3. The first-order chi connectivity index (χ1) is 7.25. The van der Waals surface area contributed by atoms with E-state index < -0.39 is 0 Å². The van der Waals surface area contributed by atoms with E-state index in [-0.39, 0.29) is 5.78 Å². The van der Waals surface area contributed by atoms with Crippen LogP contribution in [-0.2, 0) is 0 Å². The molecular formula is C12H17NO2. The molecule has 3 heteroatoms. The van der Waals surface area contributed by atoms with Crippen molar-refractivity contribution in [1.82, 2.24) is 4.90 Å².